The fraction of sp³-hybridized carbons (Fsp3) is 0.333. The van der Waals surface area contributed by atoms with Crippen molar-refractivity contribution in [2.45, 2.75) is 13.3 Å². The third kappa shape index (κ3) is 1.93. The highest BCUT2D eigenvalue weighted by molar-refractivity contribution is 5.48. The van der Waals surface area contributed by atoms with Crippen LogP contribution in [0.1, 0.15) is 12.6 Å². The van der Waals surface area contributed by atoms with Gasteiger partial charge in [-0.05, 0) is 6.42 Å². The number of hydrogen-bond acceptors (Lipinski definition) is 5. The van der Waals surface area contributed by atoms with Gasteiger partial charge in [0.1, 0.15) is 12.1 Å². The van der Waals surface area contributed by atoms with E-state index in [0.717, 1.165) is 17.9 Å². The Balaban J connectivity index is 2.47. The maximum absolute atomic E-state index is 4.36. The first kappa shape index (κ1) is 9.57. The molecule has 0 aliphatic heterocycles. The zero-order valence-electron chi connectivity index (χ0n) is 8.65. The summed E-state index contributed by atoms with van der Waals surface area (Å²) in [6, 6.07) is 1.92. The molecule has 0 amide bonds. The summed E-state index contributed by atoms with van der Waals surface area (Å²) in [5.41, 5.74) is 0.973. The fourth-order valence-corrected chi connectivity index (χ4v) is 1.23. The molecule has 0 saturated carbocycles. The second-order valence-corrected chi connectivity index (χ2v) is 3.01. The molecular weight excluding hydrogens is 192 g/mol. The van der Waals surface area contributed by atoms with Gasteiger partial charge in [-0.1, -0.05) is 6.92 Å². The Morgan fingerprint density at radius 3 is 2.87 bits per heavy atom. The van der Waals surface area contributed by atoms with Crippen molar-refractivity contribution in [3.63, 3.8) is 0 Å². The van der Waals surface area contributed by atoms with Crippen LogP contribution in [0.5, 0.6) is 0 Å². The Morgan fingerprint density at radius 2 is 2.27 bits per heavy atom. The van der Waals surface area contributed by atoms with Crippen LogP contribution in [0, 0.1) is 0 Å². The molecule has 0 spiro atoms. The summed E-state index contributed by atoms with van der Waals surface area (Å²) in [7, 11) is 1.83. The smallest absolute Gasteiger partial charge is 0.199 e. The van der Waals surface area contributed by atoms with Gasteiger partial charge >= 0.3 is 0 Å². The normalized spacial score (nSPS) is 10.3. The first-order valence-electron chi connectivity index (χ1n) is 4.75. The topological polar surface area (TPSA) is 79.4 Å². The van der Waals surface area contributed by atoms with Gasteiger partial charge in [0.15, 0.2) is 11.6 Å². The zero-order chi connectivity index (χ0) is 10.7. The van der Waals surface area contributed by atoms with Crippen LogP contribution in [0.2, 0.25) is 0 Å². The first-order valence-corrected chi connectivity index (χ1v) is 4.75. The number of anilines is 1. The molecule has 0 fully saturated rings. The van der Waals surface area contributed by atoms with Crippen molar-refractivity contribution in [1.29, 1.82) is 0 Å². The monoisotopic (exact) mass is 204 g/mol. The van der Waals surface area contributed by atoms with Crippen molar-refractivity contribution in [2.24, 2.45) is 0 Å². The molecule has 2 N–H and O–H groups in total. The van der Waals surface area contributed by atoms with Gasteiger partial charge in [0.05, 0.1) is 0 Å². The summed E-state index contributed by atoms with van der Waals surface area (Å²) in [6.07, 6.45) is 2.30. The van der Waals surface area contributed by atoms with Crippen LogP contribution in [-0.2, 0) is 6.42 Å². The molecule has 78 valence electrons. The van der Waals surface area contributed by atoms with E-state index in [4.69, 9.17) is 0 Å². The molecule has 0 radical (unpaired) electrons. The van der Waals surface area contributed by atoms with Crippen LogP contribution in [0.15, 0.2) is 12.4 Å². The van der Waals surface area contributed by atoms with Crippen LogP contribution in [0.4, 0.5) is 5.82 Å². The third-order valence-electron chi connectivity index (χ3n) is 2.02. The van der Waals surface area contributed by atoms with E-state index in [1.54, 1.807) is 0 Å². The molecule has 0 saturated heterocycles. The number of aromatic nitrogens is 5. The van der Waals surface area contributed by atoms with Crippen molar-refractivity contribution >= 4 is 5.82 Å². The average Bonchev–Trinajstić information content (AvgIpc) is 2.81. The molecule has 2 aromatic heterocycles. The van der Waals surface area contributed by atoms with Gasteiger partial charge < -0.3 is 5.32 Å². The lowest BCUT2D eigenvalue weighted by Gasteiger charge is -2.04. The lowest BCUT2D eigenvalue weighted by molar-refractivity contribution is 0.985. The molecule has 0 aliphatic carbocycles. The van der Waals surface area contributed by atoms with Crippen molar-refractivity contribution < 1.29 is 0 Å². The number of rotatable bonds is 3. The summed E-state index contributed by atoms with van der Waals surface area (Å²) in [5, 5.41) is 9.51. The molecule has 0 bridgehead atoms. The van der Waals surface area contributed by atoms with E-state index in [9.17, 15) is 0 Å². The van der Waals surface area contributed by atoms with Gasteiger partial charge in [-0.15, -0.1) is 0 Å². The van der Waals surface area contributed by atoms with Crippen molar-refractivity contribution in [3.8, 4) is 11.6 Å². The minimum atomic E-state index is 0.566. The van der Waals surface area contributed by atoms with Crippen molar-refractivity contribution in [3.05, 3.63) is 18.1 Å². The fourth-order valence-electron chi connectivity index (χ4n) is 1.23. The Kier molecular flexibility index (Phi) is 2.57. The molecular formula is C9H12N6. The van der Waals surface area contributed by atoms with Gasteiger partial charge in [-0.3, -0.25) is 5.10 Å². The molecule has 6 heteroatoms. The lowest BCUT2D eigenvalue weighted by atomic mass is 10.3. The molecule has 0 aromatic carbocycles. The number of hydrogen-bond donors (Lipinski definition) is 2. The minimum Gasteiger partial charge on any atom is -0.373 e. The average molecular weight is 204 g/mol. The largest absolute Gasteiger partial charge is 0.373 e. The molecule has 0 atom stereocenters. The lowest BCUT2D eigenvalue weighted by Crippen LogP contribution is -2.01. The van der Waals surface area contributed by atoms with Crippen LogP contribution < -0.4 is 5.32 Å². The molecule has 15 heavy (non-hydrogen) atoms. The highest BCUT2D eigenvalue weighted by Crippen LogP contribution is 2.13. The standard InChI is InChI=1S/C9H12N6/c1-3-6-4-7(10-2)14-9(13-6)8-11-5-12-15-8/h4-5H,3H2,1-2H3,(H,10,13,14)(H,11,12,15). The number of nitrogens with zero attached hydrogens (tertiary/aromatic N) is 4. The van der Waals surface area contributed by atoms with Gasteiger partial charge in [-0.2, -0.15) is 5.10 Å². The minimum absolute atomic E-state index is 0.566. The molecule has 2 rings (SSSR count). The van der Waals surface area contributed by atoms with Crippen LogP contribution in [0.25, 0.3) is 11.6 Å². The maximum Gasteiger partial charge on any atom is 0.199 e. The van der Waals surface area contributed by atoms with Gasteiger partial charge in [-0.25, -0.2) is 15.0 Å². The summed E-state index contributed by atoms with van der Waals surface area (Å²) in [4.78, 5) is 12.7. The number of aryl methyl sites for hydroxylation is 1. The second-order valence-electron chi connectivity index (χ2n) is 3.01. The van der Waals surface area contributed by atoms with E-state index in [1.807, 2.05) is 20.0 Å². The molecule has 2 heterocycles. The predicted octanol–water partition coefficient (Wildman–Crippen LogP) is 0.866. The predicted molar refractivity (Wildman–Crippen MR) is 56.3 cm³/mol. The van der Waals surface area contributed by atoms with Crippen molar-refractivity contribution in [1.82, 2.24) is 25.1 Å². The summed E-state index contributed by atoms with van der Waals surface area (Å²) in [5.74, 6) is 1.94. The molecule has 0 unspecified atom stereocenters. The van der Waals surface area contributed by atoms with E-state index < -0.39 is 0 Å². The van der Waals surface area contributed by atoms with E-state index in [0.29, 0.717) is 11.6 Å². The third-order valence-corrected chi connectivity index (χ3v) is 2.02. The summed E-state index contributed by atoms with van der Waals surface area (Å²) >= 11 is 0. The van der Waals surface area contributed by atoms with Gasteiger partial charge in [0, 0.05) is 18.8 Å². The first-order chi connectivity index (χ1) is 7.33. The Morgan fingerprint density at radius 1 is 1.40 bits per heavy atom. The second kappa shape index (κ2) is 4.04. The number of H-pyrrole nitrogens is 1. The maximum atomic E-state index is 4.36. The molecule has 0 aliphatic rings. The summed E-state index contributed by atoms with van der Waals surface area (Å²) in [6.45, 7) is 2.05. The highest BCUT2D eigenvalue weighted by Gasteiger charge is 2.07. The van der Waals surface area contributed by atoms with Crippen LogP contribution in [0.3, 0.4) is 0 Å². The summed E-state index contributed by atoms with van der Waals surface area (Å²) < 4.78 is 0. The van der Waals surface area contributed by atoms with E-state index in [1.165, 1.54) is 6.33 Å². The number of aromatic amines is 1. The van der Waals surface area contributed by atoms with Crippen LogP contribution in [-0.4, -0.2) is 32.2 Å². The molecule has 6 nitrogen and oxygen atoms in total. The molecule has 2 aromatic rings. The van der Waals surface area contributed by atoms with E-state index in [-0.39, 0.29) is 0 Å². The highest BCUT2D eigenvalue weighted by atomic mass is 15.2. The quantitative estimate of drug-likeness (QED) is 0.775. The van der Waals surface area contributed by atoms with E-state index in [2.05, 4.69) is 30.5 Å². The van der Waals surface area contributed by atoms with Gasteiger partial charge in [0.2, 0.25) is 0 Å². The van der Waals surface area contributed by atoms with Gasteiger partial charge in [0.25, 0.3) is 0 Å². The SMILES string of the molecule is CCc1cc(NC)nc(-c2ncn[nH]2)n1. The Bertz CT molecular complexity index is 414. The Labute approximate surface area is 87.2 Å². The van der Waals surface area contributed by atoms with Crippen LogP contribution >= 0.6 is 0 Å². The number of nitrogens with one attached hydrogen (secondary N) is 2. The van der Waals surface area contributed by atoms with E-state index >= 15 is 0 Å². The Hall–Kier alpha value is -1.98. The van der Waals surface area contributed by atoms with Crippen molar-refractivity contribution in [2.75, 3.05) is 12.4 Å². The zero-order valence-corrected chi connectivity index (χ0v) is 8.65.